The smallest absolute Gasteiger partial charge is 0.312 e. The number of carbonyl (C=O) groups excluding carboxylic acids is 1. The molecule has 0 radical (unpaired) electrons. The highest BCUT2D eigenvalue weighted by atomic mass is 28.4. The minimum Gasteiger partial charge on any atom is -0.459 e. The highest BCUT2D eigenvalue weighted by Crippen LogP contribution is 2.46. The SMILES string of the molecule is CC[Si](CC)(CC)O[C@@H]1[C@@H](O[Si](C)(C)C(C)(C)C)[C@H]2C[C@@H]1C(=O)O2. The van der Waals surface area contributed by atoms with Crippen molar-refractivity contribution in [3.05, 3.63) is 0 Å². The first-order valence-corrected chi connectivity index (χ1v) is 15.0. The Hall–Kier alpha value is -0.176. The van der Waals surface area contributed by atoms with Crippen LogP contribution in [0, 0.1) is 5.92 Å². The summed E-state index contributed by atoms with van der Waals surface area (Å²) in [5.41, 5.74) is 0. The summed E-state index contributed by atoms with van der Waals surface area (Å²) in [6.07, 6.45) is 0.477. The van der Waals surface area contributed by atoms with Crippen LogP contribution in [0.1, 0.15) is 48.0 Å². The molecule has 0 aromatic heterocycles. The van der Waals surface area contributed by atoms with Crippen LogP contribution in [0.25, 0.3) is 0 Å². The fraction of sp³-hybridized carbons (Fsp3) is 0.944. The van der Waals surface area contributed by atoms with Crippen molar-refractivity contribution in [1.29, 1.82) is 0 Å². The maximum Gasteiger partial charge on any atom is 0.312 e. The Labute approximate surface area is 149 Å². The number of hydrogen-bond acceptors (Lipinski definition) is 4. The Morgan fingerprint density at radius 2 is 1.58 bits per heavy atom. The second-order valence-corrected chi connectivity index (χ2v) is 18.5. The zero-order chi connectivity index (χ0) is 18.3. The normalized spacial score (nSPS) is 30.8. The number of hydrogen-bond donors (Lipinski definition) is 0. The molecule has 4 atom stereocenters. The molecule has 24 heavy (non-hydrogen) atoms. The molecule has 2 rings (SSSR count). The Balaban J connectivity index is 2.24. The Bertz CT molecular complexity index is 460. The number of fused-ring (bicyclic) bond motifs is 2. The van der Waals surface area contributed by atoms with Crippen LogP contribution in [-0.2, 0) is 18.4 Å². The highest BCUT2D eigenvalue weighted by molar-refractivity contribution is 6.74. The van der Waals surface area contributed by atoms with E-state index in [4.69, 9.17) is 13.6 Å². The highest BCUT2D eigenvalue weighted by Gasteiger charge is 2.59. The standard InChI is InChI=1S/C18H36O4Si2/c1-9-24(10-2,11-3)22-15-13-12-14(20-17(13)19)16(15)21-23(7,8)18(4,5)6/h13-16H,9-12H2,1-8H3/t13-,14+,15-,16-/m0/s1. The van der Waals surface area contributed by atoms with Gasteiger partial charge in [0.05, 0.1) is 12.0 Å². The molecule has 2 fully saturated rings. The van der Waals surface area contributed by atoms with Crippen LogP contribution in [0.15, 0.2) is 0 Å². The molecular weight excluding hydrogens is 336 g/mol. The lowest BCUT2D eigenvalue weighted by Crippen LogP contribution is -2.55. The molecule has 0 aromatic rings. The van der Waals surface area contributed by atoms with Crippen molar-refractivity contribution < 1.29 is 18.4 Å². The van der Waals surface area contributed by atoms with E-state index in [2.05, 4.69) is 54.6 Å². The zero-order valence-electron chi connectivity index (χ0n) is 16.8. The van der Waals surface area contributed by atoms with Gasteiger partial charge in [0.25, 0.3) is 0 Å². The fourth-order valence-corrected chi connectivity index (χ4v) is 7.83. The van der Waals surface area contributed by atoms with Crippen LogP contribution in [0.4, 0.5) is 0 Å². The molecule has 1 heterocycles. The molecule has 1 saturated heterocycles. The van der Waals surface area contributed by atoms with Gasteiger partial charge in [-0.25, -0.2) is 0 Å². The Morgan fingerprint density at radius 1 is 1.04 bits per heavy atom. The van der Waals surface area contributed by atoms with Crippen molar-refractivity contribution in [2.75, 3.05) is 0 Å². The molecule has 0 N–H and O–H groups in total. The molecule has 4 nitrogen and oxygen atoms in total. The molecule has 1 aliphatic carbocycles. The molecule has 0 aromatic carbocycles. The van der Waals surface area contributed by atoms with E-state index in [1.807, 2.05) is 0 Å². The first kappa shape index (κ1) is 20.1. The van der Waals surface area contributed by atoms with Gasteiger partial charge in [0.2, 0.25) is 0 Å². The summed E-state index contributed by atoms with van der Waals surface area (Å²) in [5.74, 6) is -0.201. The van der Waals surface area contributed by atoms with Gasteiger partial charge in [-0.1, -0.05) is 41.5 Å². The molecule has 0 unspecified atom stereocenters. The summed E-state index contributed by atoms with van der Waals surface area (Å²) in [7, 11) is -3.72. The van der Waals surface area contributed by atoms with Crippen LogP contribution in [-0.4, -0.2) is 40.9 Å². The Morgan fingerprint density at radius 3 is 2.04 bits per heavy atom. The van der Waals surface area contributed by atoms with Crippen molar-refractivity contribution in [3.8, 4) is 0 Å². The first-order chi connectivity index (χ1) is 11.0. The average molecular weight is 373 g/mol. The predicted octanol–water partition coefficient (Wildman–Crippen LogP) is 4.71. The summed E-state index contributed by atoms with van der Waals surface area (Å²) >= 11 is 0. The van der Waals surface area contributed by atoms with Crippen molar-refractivity contribution in [2.24, 2.45) is 5.92 Å². The third-order valence-corrected chi connectivity index (χ3v) is 15.8. The fourth-order valence-electron chi connectivity index (χ4n) is 3.64. The van der Waals surface area contributed by atoms with Crippen LogP contribution in [0.2, 0.25) is 36.3 Å². The van der Waals surface area contributed by atoms with Crippen LogP contribution >= 0.6 is 0 Å². The second-order valence-electron chi connectivity index (χ2n) is 8.99. The van der Waals surface area contributed by atoms with E-state index in [1.54, 1.807) is 0 Å². The van der Waals surface area contributed by atoms with E-state index in [9.17, 15) is 4.79 Å². The van der Waals surface area contributed by atoms with Gasteiger partial charge in [-0.3, -0.25) is 4.79 Å². The summed E-state index contributed by atoms with van der Waals surface area (Å²) in [5, 5.41) is 0.137. The minimum absolute atomic E-state index is 0.0775. The number of carbonyl (C=O) groups is 1. The summed E-state index contributed by atoms with van der Waals surface area (Å²) in [4.78, 5) is 12.2. The second kappa shape index (κ2) is 6.85. The van der Waals surface area contributed by atoms with Gasteiger partial charge in [0.15, 0.2) is 16.6 Å². The van der Waals surface area contributed by atoms with Gasteiger partial charge < -0.3 is 13.6 Å². The van der Waals surface area contributed by atoms with Crippen LogP contribution < -0.4 is 0 Å². The van der Waals surface area contributed by atoms with E-state index in [1.165, 1.54) is 0 Å². The van der Waals surface area contributed by atoms with E-state index < -0.39 is 16.6 Å². The van der Waals surface area contributed by atoms with E-state index in [-0.39, 0.29) is 35.2 Å². The molecule has 2 bridgehead atoms. The lowest BCUT2D eigenvalue weighted by Gasteiger charge is -2.44. The average Bonchev–Trinajstić information content (AvgIpc) is 3.01. The quantitative estimate of drug-likeness (QED) is 0.479. The van der Waals surface area contributed by atoms with E-state index in [0.717, 1.165) is 24.6 Å². The van der Waals surface area contributed by atoms with E-state index >= 15 is 0 Å². The summed E-state index contributed by atoms with van der Waals surface area (Å²) in [6.45, 7) is 18.0. The molecule has 140 valence electrons. The molecular formula is C18H36O4Si2. The van der Waals surface area contributed by atoms with Gasteiger partial charge >= 0.3 is 5.97 Å². The van der Waals surface area contributed by atoms with Gasteiger partial charge in [-0.05, 0) is 36.3 Å². The lowest BCUT2D eigenvalue weighted by molar-refractivity contribution is -0.162. The summed E-state index contributed by atoms with van der Waals surface area (Å²) < 4.78 is 19.0. The van der Waals surface area contributed by atoms with E-state index in [0.29, 0.717) is 0 Å². The van der Waals surface area contributed by atoms with Crippen LogP contribution in [0.5, 0.6) is 0 Å². The maximum atomic E-state index is 12.2. The number of rotatable bonds is 7. The number of ether oxygens (including phenoxy) is 1. The maximum absolute atomic E-state index is 12.2. The van der Waals surface area contributed by atoms with Crippen molar-refractivity contribution in [3.63, 3.8) is 0 Å². The molecule has 0 amide bonds. The van der Waals surface area contributed by atoms with Gasteiger partial charge in [0, 0.05) is 6.42 Å². The van der Waals surface area contributed by atoms with Crippen molar-refractivity contribution in [1.82, 2.24) is 0 Å². The molecule has 0 spiro atoms. The van der Waals surface area contributed by atoms with Gasteiger partial charge in [0.1, 0.15) is 12.2 Å². The third-order valence-electron chi connectivity index (χ3n) is 6.70. The molecule has 6 heteroatoms. The minimum atomic E-state index is -1.93. The van der Waals surface area contributed by atoms with Crippen molar-refractivity contribution >= 4 is 22.6 Å². The van der Waals surface area contributed by atoms with Crippen molar-refractivity contribution in [2.45, 2.75) is 103 Å². The Kier molecular flexibility index (Phi) is 5.75. The number of esters is 1. The lowest BCUT2D eigenvalue weighted by atomic mass is 10.1. The molecule has 1 aliphatic heterocycles. The van der Waals surface area contributed by atoms with Gasteiger partial charge in [-0.15, -0.1) is 0 Å². The predicted molar refractivity (Wildman–Crippen MR) is 102 cm³/mol. The summed E-state index contributed by atoms with van der Waals surface area (Å²) in [6, 6.07) is 3.28. The monoisotopic (exact) mass is 372 g/mol. The van der Waals surface area contributed by atoms with Crippen LogP contribution in [0.3, 0.4) is 0 Å². The van der Waals surface area contributed by atoms with Gasteiger partial charge in [-0.2, -0.15) is 0 Å². The molecule has 2 aliphatic rings. The zero-order valence-corrected chi connectivity index (χ0v) is 18.8. The first-order valence-electron chi connectivity index (χ1n) is 9.56. The molecule has 1 saturated carbocycles. The topological polar surface area (TPSA) is 44.8 Å². The largest absolute Gasteiger partial charge is 0.459 e. The third kappa shape index (κ3) is 3.52.